The summed E-state index contributed by atoms with van der Waals surface area (Å²) in [6.07, 6.45) is 7.17. The highest BCUT2D eigenvalue weighted by Gasteiger charge is 2.10. The Labute approximate surface area is 194 Å². The lowest BCUT2D eigenvalue weighted by Gasteiger charge is -2.07. The van der Waals surface area contributed by atoms with E-state index in [1.807, 2.05) is 62.0 Å². The number of benzene rings is 2. The maximum absolute atomic E-state index is 12.5. The van der Waals surface area contributed by atoms with Crippen LogP contribution < -0.4 is 5.32 Å². The van der Waals surface area contributed by atoms with Crippen molar-refractivity contribution >= 4 is 17.7 Å². The molecule has 0 radical (unpaired) electrons. The van der Waals surface area contributed by atoms with Crippen LogP contribution in [0.2, 0.25) is 0 Å². The molecule has 0 bridgehead atoms. The zero-order chi connectivity index (χ0) is 23.4. The SMILES string of the molecule is Cc1ccc(Cn2nc(C)c(/C=C/C(=O)Nc3ccc(Cn4ccnc4C)cc3)c2C)cc1. The molecule has 6 heteroatoms. The van der Waals surface area contributed by atoms with Crippen LogP contribution in [0.15, 0.2) is 67.0 Å². The highest BCUT2D eigenvalue weighted by atomic mass is 16.1. The number of hydrogen-bond acceptors (Lipinski definition) is 3. The van der Waals surface area contributed by atoms with Crippen LogP contribution in [-0.4, -0.2) is 25.2 Å². The van der Waals surface area contributed by atoms with Crippen molar-refractivity contribution in [1.29, 1.82) is 0 Å². The van der Waals surface area contributed by atoms with Gasteiger partial charge in [0, 0.05) is 42.0 Å². The summed E-state index contributed by atoms with van der Waals surface area (Å²) in [4.78, 5) is 16.7. The van der Waals surface area contributed by atoms with Crippen LogP contribution in [0.4, 0.5) is 5.69 Å². The molecular formula is C27H29N5O. The van der Waals surface area contributed by atoms with E-state index in [0.717, 1.165) is 40.6 Å². The molecule has 0 saturated heterocycles. The van der Waals surface area contributed by atoms with Crippen molar-refractivity contribution in [1.82, 2.24) is 19.3 Å². The molecule has 2 heterocycles. The number of aromatic nitrogens is 4. The summed E-state index contributed by atoms with van der Waals surface area (Å²) in [5.41, 5.74) is 7.27. The van der Waals surface area contributed by atoms with Crippen LogP contribution in [0.3, 0.4) is 0 Å². The number of anilines is 1. The van der Waals surface area contributed by atoms with Gasteiger partial charge in [-0.1, -0.05) is 42.0 Å². The van der Waals surface area contributed by atoms with E-state index in [2.05, 4.69) is 51.2 Å². The third-order valence-electron chi connectivity index (χ3n) is 5.79. The minimum absolute atomic E-state index is 0.168. The van der Waals surface area contributed by atoms with Gasteiger partial charge in [0.05, 0.1) is 12.2 Å². The van der Waals surface area contributed by atoms with Crippen molar-refractivity contribution in [3.63, 3.8) is 0 Å². The monoisotopic (exact) mass is 439 g/mol. The number of hydrogen-bond donors (Lipinski definition) is 1. The standard InChI is InChI=1S/C27H29N5O/c1-19-5-7-24(8-6-19)18-32-21(3)26(20(2)30-32)13-14-27(33)29-25-11-9-23(10-12-25)17-31-16-15-28-22(31)4/h5-16H,17-18H2,1-4H3,(H,29,33)/b14-13+. The average Bonchev–Trinajstić information content (AvgIpc) is 3.31. The van der Waals surface area contributed by atoms with E-state index in [-0.39, 0.29) is 5.91 Å². The second kappa shape index (κ2) is 9.69. The molecule has 4 rings (SSSR count). The minimum Gasteiger partial charge on any atom is -0.331 e. The molecule has 0 unspecified atom stereocenters. The highest BCUT2D eigenvalue weighted by molar-refractivity contribution is 6.02. The molecule has 0 aliphatic carbocycles. The van der Waals surface area contributed by atoms with Crippen molar-refractivity contribution in [3.05, 3.63) is 106 Å². The zero-order valence-electron chi connectivity index (χ0n) is 19.5. The van der Waals surface area contributed by atoms with Crippen molar-refractivity contribution in [3.8, 4) is 0 Å². The van der Waals surface area contributed by atoms with Crippen LogP contribution in [0.25, 0.3) is 6.08 Å². The number of rotatable bonds is 7. The first-order chi connectivity index (χ1) is 15.9. The van der Waals surface area contributed by atoms with E-state index in [0.29, 0.717) is 6.54 Å². The Morgan fingerprint density at radius 2 is 1.61 bits per heavy atom. The first-order valence-electron chi connectivity index (χ1n) is 11.0. The van der Waals surface area contributed by atoms with Crippen LogP contribution in [0, 0.1) is 27.7 Å². The lowest BCUT2D eigenvalue weighted by Crippen LogP contribution is -2.08. The summed E-state index contributed by atoms with van der Waals surface area (Å²) in [5.74, 6) is 0.809. The van der Waals surface area contributed by atoms with E-state index in [4.69, 9.17) is 0 Å². The van der Waals surface area contributed by atoms with E-state index in [1.165, 1.54) is 11.1 Å². The van der Waals surface area contributed by atoms with Crippen molar-refractivity contribution in [2.75, 3.05) is 5.32 Å². The molecule has 0 spiro atoms. The first kappa shape index (κ1) is 22.3. The largest absolute Gasteiger partial charge is 0.331 e. The smallest absolute Gasteiger partial charge is 0.248 e. The Morgan fingerprint density at radius 3 is 2.27 bits per heavy atom. The second-order valence-electron chi connectivity index (χ2n) is 8.35. The van der Waals surface area contributed by atoms with Crippen molar-refractivity contribution in [2.24, 2.45) is 0 Å². The number of imidazole rings is 1. The number of amides is 1. The molecule has 1 N–H and O–H groups in total. The molecule has 33 heavy (non-hydrogen) atoms. The first-order valence-corrected chi connectivity index (χ1v) is 11.0. The molecule has 1 amide bonds. The van der Waals surface area contributed by atoms with E-state index < -0.39 is 0 Å². The normalized spacial score (nSPS) is 11.3. The van der Waals surface area contributed by atoms with Crippen molar-refractivity contribution < 1.29 is 4.79 Å². The van der Waals surface area contributed by atoms with Gasteiger partial charge in [-0.05, 0) is 57.0 Å². The van der Waals surface area contributed by atoms with Crippen LogP contribution in [-0.2, 0) is 17.9 Å². The molecule has 6 nitrogen and oxygen atoms in total. The predicted molar refractivity (Wildman–Crippen MR) is 132 cm³/mol. The molecule has 0 aliphatic rings. The van der Waals surface area contributed by atoms with Gasteiger partial charge in [-0.15, -0.1) is 0 Å². The zero-order valence-corrected chi connectivity index (χ0v) is 19.5. The van der Waals surface area contributed by atoms with E-state index in [9.17, 15) is 4.79 Å². The van der Waals surface area contributed by atoms with Crippen LogP contribution in [0.1, 0.15) is 39.5 Å². The maximum atomic E-state index is 12.5. The Kier molecular flexibility index (Phi) is 6.54. The van der Waals surface area contributed by atoms with Gasteiger partial charge in [0.15, 0.2) is 0 Å². The summed E-state index contributed by atoms with van der Waals surface area (Å²) in [6.45, 7) is 9.53. The fraction of sp³-hybridized carbons (Fsp3) is 0.222. The van der Waals surface area contributed by atoms with Gasteiger partial charge < -0.3 is 9.88 Å². The van der Waals surface area contributed by atoms with Gasteiger partial charge >= 0.3 is 0 Å². The number of carbonyl (C=O) groups is 1. The van der Waals surface area contributed by atoms with Gasteiger partial charge in [0.1, 0.15) is 5.82 Å². The maximum Gasteiger partial charge on any atom is 0.248 e. The summed E-state index contributed by atoms with van der Waals surface area (Å²) in [5, 5.41) is 7.59. The van der Waals surface area contributed by atoms with Crippen LogP contribution >= 0.6 is 0 Å². The molecule has 0 atom stereocenters. The Morgan fingerprint density at radius 1 is 0.939 bits per heavy atom. The van der Waals surface area contributed by atoms with Crippen molar-refractivity contribution in [2.45, 2.75) is 40.8 Å². The molecular weight excluding hydrogens is 410 g/mol. The Bertz CT molecular complexity index is 1280. The molecule has 4 aromatic rings. The number of carbonyl (C=O) groups excluding carboxylic acids is 1. The summed E-state index contributed by atoms with van der Waals surface area (Å²) >= 11 is 0. The summed E-state index contributed by atoms with van der Waals surface area (Å²) < 4.78 is 4.07. The average molecular weight is 440 g/mol. The molecule has 168 valence electrons. The van der Waals surface area contributed by atoms with E-state index >= 15 is 0 Å². The second-order valence-corrected chi connectivity index (χ2v) is 8.35. The van der Waals surface area contributed by atoms with Gasteiger partial charge in [0.2, 0.25) is 5.91 Å². The fourth-order valence-corrected chi connectivity index (χ4v) is 3.78. The van der Waals surface area contributed by atoms with Gasteiger partial charge in [-0.25, -0.2) is 4.98 Å². The number of nitrogens with zero attached hydrogens (tertiary/aromatic N) is 4. The predicted octanol–water partition coefficient (Wildman–Crippen LogP) is 5.06. The molecule has 2 aromatic heterocycles. The molecule has 0 aliphatic heterocycles. The lowest BCUT2D eigenvalue weighted by atomic mass is 10.1. The third-order valence-corrected chi connectivity index (χ3v) is 5.79. The molecule has 0 fully saturated rings. The Hall–Kier alpha value is -3.93. The third kappa shape index (κ3) is 5.47. The topological polar surface area (TPSA) is 64.7 Å². The quantitative estimate of drug-likeness (QED) is 0.409. The summed E-state index contributed by atoms with van der Waals surface area (Å²) in [7, 11) is 0. The van der Waals surface area contributed by atoms with E-state index in [1.54, 1.807) is 12.3 Å². The molecule has 0 saturated carbocycles. The van der Waals surface area contributed by atoms with Gasteiger partial charge in [-0.2, -0.15) is 5.10 Å². The summed E-state index contributed by atoms with van der Waals surface area (Å²) in [6, 6.07) is 16.3. The van der Waals surface area contributed by atoms with Gasteiger partial charge in [-0.3, -0.25) is 9.48 Å². The Balaban J connectivity index is 1.38. The molecule has 2 aromatic carbocycles. The van der Waals surface area contributed by atoms with Gasteiger partial charge in [0.25, 0.3) is 0 Å². The highest BCUT2D eigenvalue weighted by Crippen LogP contribution is 2.17. The number of aryl methyl sites for hydroxylation is 3. The minimum atomic E-state index is -0.168. The fourth-order valence-electron chi connectivity index (χ4n) is 3.78. The lowest BCUT2D eigenvalue weighted by molar-refractivity contribution is -0.111. The number of nitrogens with one attached hydrogen (secondary N) is 1. The van der Waals surface area contributed by atoms with Crippen LogP contribution in [0.5, 0.6) is 0 Å².